The van der Waals surface area contributed by atoms with Gasteiger partial charge in [-0.3, -0.25) is 19.1 Å². The number of amides is 1. The maximum absolute atomic E-state index is 12.8. The zero-order valence-corrected chi connectivity index (χ0v) is 18.5. The Morgan fingerprint density at radius 3 is 2.58 bits per heavy atom. The minimum absolute atomic E-state index is 0.0161. The second kappa shape index (κ2) is 9.56. The average Bonchev–Trinajstić information content (AvgIpc) is 3.15. The van der Waals surface area contributed by atoms with Gasteiger partial charge in [-0.05, 0) is 30.7 Å². The Labute approximate surface area is 189 Å². The molecule has 0 aliphatic carbocycles. The van der Waals surface area contributed by atoms with Gasteiger partial charge in [0.05, 0.1) is 5.56 Å². The molecule has 0 saturated carbocycles. The van der Waals surface area contributed by atoms with Gasteiger partial charge in [0.1, 0.15) is 18.2 Å². The Hall–Kier alpha value is -4.14. The summed E-state index contributed by atoms with van der Waals surface area (Å²) in [4.78, 5) is 44.4. The Bertz CT molecular complexity index is 1400. The molecular formula is C24H25N5O4. The number of hydrogen-bond donors (Lipinski definition) is 2. The van der Waals surface area contributed by atoms with Crippen molar-refractivity contribution in [2.75, 3.05) is 5.32 Å². The summed E-state index contributed by atoms with van der Waals surface area (Å²) in [6.45, 7) is 2.50. The fourth-order valence-electron chi connectivity index (χ4n) is 3.59. The summed E-state index contributed by atoms with van der Waals surface area (Å²) in [6, 6.07) is 16.1. The highest BCUT2D eigenvalue weighted by molar-refractivity contribution is 6.06. The molecule has 2 aromatic heterocycles. The highest BCUT2D eigenvalue weighted by Crippen LogP contribution is 2.21. The molecule has 9 heteroatoms. The van der Waals surface area contributed by atoms with Crippen LogP contribution in [0.1, 0.15) is 35.9 Å². The zero-order valence-electron chi connectivity index (χ0n) is 18.5. The van der Waals surface area contributed by atoms with Crippen molar-refractivity contribution in [3.05, 3.63) is 86.8 Å². The van der Waals surface area contributed by atoms with Crippen LogP contribution in [0.4, 0.5) is 5.69 Å². The van der Waals surface area contributed by atoms with Gasteiger partial charge < -0.3 is 14.6 Å². The molecule has 9 nitrogen and oxygen atoms in total. The first-order valence-electron chi connectivity index (χ1n) is 10.8. The van der Waals surface area contributed by atoms with Gasteiger partial charge in [0, 0.05) is 19.3 Å². The molecule has 0 bridgehead atoms. The van der Waals surface area contributed by atoms with Gasteiger partial charge in [-0.1, -0.05) is 43.7 Å². The van der Waals surface area contributed by atoms with Crippen LogP contribution in [0, 0.1) is 0 Å². The first-order chi connectivity index (χ1) is 16.0. The molecule has 0 aliphatic heterocycles. The molecule has 0 radical (unpaired) electrons. The Morgan fingerprint density at radius 1 is 1.09 bits per heavy atom. The van der Waals surface area contributed by atoms with E-state index >= 15 is 0 Å². The molecule has 0 unspecified atom stereocenters. The van der Waals surface area contributed by atoms with E-state index in [1.807, 2.05) is 25.1 Å². The van der Waals surface area contributed by atoms with Gasteiger partial charge in [0.15, 0.2) is 11.2 Å². The van der Waals surface area contributed by atoms with Crippen molar-refractivity contribution in [2.45, 2.75) is 32.9 Å². The van der Waals surface area contributed by atoms with E-state index in [0.29, 0.717) is 40.5 Å². The van der Waals surface area contributed by atoms with Gasteiger partial charge in [-0.25, -0.2) is 9.78 Å². The largest absolute Gasteiger partial charge is 0.485 e. The van der Waals surface area contributed by atoms with Crippen LogP contribution in [0.15, 0.2) is 64.2 Å². The third-order valence-corrected chi connectivity index (χ3v) is 5.36. The van der Waals surface area contributed by atoms with Crippen molar-refractivity contribution < 1.29 is 9.53 Å². The molecule has 4 aromatic rings. The third-order valence-electron chi connectivity index (χ3n) is 5.36. The van der Waals surface area contributed by atoms with Gasteiger partial charge in [0.25, 0.3) is 11.5 Å². The van der Waals surface area contributed by atoms with Crippen molar-refractivity contribution in [3.63, 3.8) is 0 Å². The van der Waals surface area contributed by atoms with Crippen LogP contribution in [-0.4, -0.2) is 25.0 Å². The lowest BCUT2D eigenvalue weighted by atomic mass is 10.2. The number of fused-ring (bicyclic) bond motifs is 1. The van der Waals surface area contributed by atoms with Crippen molar-refractivity contribution in [2.24, 2.45) is 7.05 Å². The number of aromatic amines is 1. The summed E-state index contributed by atoms with van der Waals surface area (Å²) in [6.07, 6.45) is 1.69. The highest BCUT2D eigenvalue weighted by Gasteiger charge is 2.18. The predicted molar refractivity (Wildman–Crippen MR) is 126 cm³/mol. The van der Waals surface area contributed by atoms with E-state index in [0.717, 1.165) is 12.8 Å². The van der Waals surface area contributed by atoms with Gasteiger partial charge >= 0.3 is 5.69 Å². The average molecular weight is 447 g/mol. The number of para-hydroxylation sites is 2. The van der Waals surface area contributed by atoms with E-state index in [-0.39, 0.29) is 12.5 Å². The molecule has 0 saturated heterocycles. The lowest BCUT2D eigenvalue weighted by molar-refractivity contribution is 0.102. The molecule has 0 spiro atoms. The van der Waals surface area contributed by atoms with Crippen molar-refractivity contribution in [1.29, 1.82) is 0 Å². The molecular weight excluding hydrogens is 422 g/mol. The van der Waals surface area contributed by atoms with E-state index in [2.05, 4.69) is 15.3 Å². The number of hydrogen-bond acceptors (Lipinski definition) is 5. The lowest BCUT2D eigenvalue weighted by Crippen LogP contribution is -2.31. The minimum atomic E-state index is -0.494. The summed E-state index contributed by atoms with van der Waals surface area (Å²) < 4.78 is 9.03. The van der Waals surface area contributed by atoms with Crippen LogP contribution in [0.5, 0.6) is 5.75 Å². The number of aromatic nitrogens is 4. The summed E-state index contributed by atoms with van der Waals surface area (Å²) in [7, 11) is 1.70. The number of carbonyl (C=O) groups excluding carboxylic acids is 1. The molecule has 170 valence electrons. The molecule has 1 amide bonds. The Kier molecular flexibility index (Phi) is 6.39. The van der Waals surface area contributed by atoms with Crippen molar-refractivity contribution in [3.8, 4) is 5.75 Å². The highest BCUT2D eigenvalue weighted by atomic mass is 16.5. The fraction of sp³-hybridized carbons (Fsp3) is 0.250. The second-order valence-corrected chi connectivity index (χ2v) is 7.63. The molecule has 0 aliphatic rings. The maximum atomic E-state index is 12.8. The van der Waals surface area contributed by atoms with E-state index in [4.69, 9.17) is 4.74 Å². The summed E-state index contributed by atoms with van der Waals surface area (Å²) >= 11 is 0. The fourth-order valence-corrected chi connectivity index (χ4v) is 3.59. The van der Waals surface area contributed by atoms with E-state index < -0.39 is 11.2 Å². The number of aryl methyl sites for hydroxylation is 2. The molecule has 33 heavy (non-hydrogen) atoms. The number of benzene rings is 2. The first kappa shape index (κ1) is 22.1. The predicted octanol–water partition coefficient (Wildman–Crippen LogP) is 3.05. The molecule has 2 N–H and O–H groups in total. The van der Waals surface area contributed by atoms with Crippen LogP contribution in [0.2, 0.25) is 0 Å². The molecule has 2 aromatic carbocycles. The van der Waals surface area contributed by atoms with Crippen LogP contribution < -0.4 is 21.3 Å². The van der Waals surface area contributed by atoms with E-state index in [1.165, 1.54) is 4.57 Å². The second-order valence-electron chi connectivity index (χ2n) is 7.63. The zero-order chi connectivity index (χ0) is 23.4. The quantitative estimate of drug-likeness (QED) is 0.431. The summed E-state index contributed by atoms with van der Waals surface area (Å²) in [5.74, 6) is 0.548. The van der Waals surface area contributed by atoms with Gasteiger partial charge in [-0.2, -0.15) is 0 Å². The molecule has 2 heterocycles. The SMILES string of the molecule is CCCCn1c(=O)[nH]c(=O)c2c1nc(COc1ccccc1C(=O)Nc1ccccc1)n2C. The smallest absolute Gasteiger partial charge is 0.330 e. The number of nitrogens with one attached hydrogen (secondary N) is 2. The number of anilines is 1. The molecule has 0 fully saturated rings. The number of unbranched alkanes of at least 4 members (excludes halogenated alkanes) is 1. The summed E-state index contributed by atoms with van der Waals surface area (Å²) in [5.41, 5.74) is 0.712. The van der Waals surface area contributed by atoms with Crippen molar-refractivity contribution in [1.82, 2.24) is 19.1 Å². The van der Waals surface area contributed by atoms with Crippen LogP contribution in [-0.2, 0) is 20.2 Å². The number of imidazole rings is 1. The van der Waals surface area contributed by atoms with Crippen molar-refractivity contribution >= 4 is 22.8 Å². The third kappa shape index (κ3) is 4.57. The normalized spacial score (nSPS) is 11.0. The standard InChI is InChI=1S/C24H25N5O4/c1-3-4-14-29-21-20(23(31)27-24(29)32)28(2)19(26-21)15-33-18-13-9-8-12-17(18)22(30)25-16-10-6-5-7-11-16/h5-13H,3-4,14-15H2,1-2H3,(H,25,30)(H,27,31,32). The van der Waals surface area contributed by atoms with Gasteiger partial charge in [0.2, 0.25) is 0 Å². The van der Waals surface area contributed by atoms with Gasteiger partial charge in [-0.15, -0.1) is 0 Å². The lowest BCUT2D eigenvalue weighted by Gasteiger charge is -2.11. The number of nitrogens with zero attached hydrogens (tertiary/aromatic N) is 3. The van der Waals surface area contributed by atoms with Crippen LogP contribution in [0.25, 0.3) is 11.2 Å². The number of rotatable bonds is 8. The maximum Gasteiger partial charge on any atom is 0.330 e. The monoisotopic (exact) mass is 447 g/mol. The molecule has 0 atom stereocenters. The first-order valence-corrected chi connectivity index (χ1v) is 10.8. The number of ether oxygens (including phenoxy) is 1. The summed E-state index contributed by atoms with van der Waals surface area (Å²) in [5, 5.41) is 2.85. The topological polar surface area (TPSA) is 111 Å². The van der Waals surface area contributed by atoms with E-state index in [1.54, 1.807) is 48.0 Å². The van der Waals surface area contributed by atoms with Crippen LogP contribution in [0.3, 0.4) is 0 Å². The number of H-pyrrole nitrogens is 1. The van der Waals surface area contributed by atoms with E-state index in [9.17, 15) is 14.4 Å². The van der Waals surface area contributed by atoms with Crippen LogP contribution >= 0.6 is 0 Å². The minimum Gasteiger partial charge on any atom is -0.485 e. The Balaban J connectivity index is 1.61. The number of carbonyl (C=O) groups is 1. The Morgan fingerprint density at radius 2 is 1.82 bits per heavy atom. The molecule has 4 rings (SSSR count).